The van der Waals surface area contributed by atoms with E-state index in [9.17, 15) is 8.42 Å². The number of rotatable bonds is 6. The van der Waals surface area contributed by atoms with Crippen molar-refractivity contribution in [2.45, 2.75) is 17.1 Å². The van der Waals surface area contributed by atoms with Crippen LogP contribution in [0, 0.1) is 6.92 Å². The zero-order chi connectivity index (χ0) is 13.8. The highest BCUT2D eigenvalue weighted by atomic mass is 32.2. The van der Waals surface area contributed by atoms with Crippen molar-refractivity contribution in [3.8, 4) is 0 Å². The molecule has 0 saturated heterocycles. The first kappa shape index (κ1) is 15.3. The maximum atomic E-state index is 11.8. The molecule has 1 aromatic rings. The lowest BCUT2D eigenvalue weighted by Gasteiger charge is -2.19. The lowest BCUT2D eigenvalue weighted by atomic mass is 9.52. The number of hydrogen-bond acceptors (Lipinski definition) is 4. The second-order valence-electron chi connectivity index (χ2n) is 5.05. The Bertz CT molecular complexity index is 479. The fraction of sp³-hybridized carbons (Fsp3) is 0.400. The van der Waals surface area contributed by atoms with Gasteiger partial charge in [0.2, 0.25) is 0 Å². The van der Waals surface area contributed by atoms with Crippen LogP contribution in [0.15, 0.2) is 29.2 Å². The van der Waals surface area contributed by atoms with Gasteiger partial charge in [0.15, 0.2) is 0 Å². The van der Waals surface area contributed by atoms with E-state index in [0.717, 1.165) is 5.56 Å². The molecule has 0 atom stereocenters. The second-order valence-corrected chi connectivity index (χ2v) is 6.67. The monoisotopic (exact) mass is 266 g/mol. The highest BCUT2D eigenvalue weighted by molar-refractivity contribution is 7.86. The quantitative estimate of drug-likeness (QED) is 0.347. The van der Waals surface area contributed by atoms with Crippen LogP contribution in [-0.2, 0) is 19.0 Å². The van der Waals surface area contributed by atoms with Gasteiger partial charge in [0.25, 0.3) is 10.1 Å². The summed E-state index contributed by atoms with van der Waals surface area (Å²) in [5.74, 6) is 0. The molecule has 96 valence electrons. The summed E-state index contributed by atoms with van der Waals surface area (Å²) in [6, 6.07) is 6.55. The van der Waals surface area contributed by atoms with Gasteiger partial charge in [-0.3, -0.25) is 4.18 Å². The molecule has 0 aliphatic heterocycles. The van der Waals surface area contributed by atoms with Gasteiger partial charge in [-0.25, -0.2) is 0 Å². The molecular weight excluding hydrogens is 249 g/mol. The molecule has 1 aromatic carbocycles. The third-order valence-electron chi connectivity index (χ3n) is 2.17. The fourth-order valence-corrected chi connectivity index (χ4v) is 2.16. The topological polar surface area (TPSA) is 52.6 Å². The molecule has 0 radical (unpaired) electrons. The summed E-state index contributed by atoms with van der Waals surface area (Å²) in [5.41, 5.74) is 1.00. The molecule has 0 fully saturated rings. The molecule has 0 aromatic heterocycles. The van der Waals surface area contributed by atoms with Crippen molar-refractivity contribution < 1.29 is 17.3 Å². The third kappa shape index (κ3) is 5.29. The van der Waals surface area contributed by atoms with Crippen LogP contribution in [0.1, 0.15) is 5.56 Å². The van der Waals surface area contributed by atoms with Crippen LogP contribution in [0.4, 0.5) is 0 Å². The minimum absolute atomic E-state index is 0.0213. The van der Waals surface area contributed by atoms with Crippen LogP contribution in [0.2, 0.25) is 0 Å². The number of aryl methyl sites for hydroxylation is 1. The van der Waals surface area contributed by atoms with Crippen molar-refractivity contribution in [1.29, 1.82) is 0 Å². The van der Waals surface area contributed by atoms with Gasteiger partial charge in [0.05, 0.1) is 18.1 Å². The molecule has 0 amide bonds. The first-order chi connectivity index (χ1) is 8.21. The molecule has 0 bridgehead atoms. The van der Waals surface area contributed by atoms with Gasteiger partial charge in [-0.05, 0) is 24.4 Å². The largest absolute Gasteiger partial charge is 0.398 e. The normalized spacial score (nSPS) is 12.5. The third-order valence-corrected chi connectivity index (χ3v) is 3.49. The van der Waals surface area contributed by atoms with E-state index in [0.29, 0.717) is 0 Å². The summed E-state index contributed by atoms with van der Waals surface area (Å²) < 4.78 is 33.9. The van der Waals surface area contributed by atoms with E-state index < -0.39 is 10.1 Å². The first-order valence-corrected chi connectivity index (χ1v) is 7.22. The molecular formula is C10H17B3O4S. The van der Waals surface area contributed by atoms with Crippen LogP contribution >= 0.6 is 0 Å². The Morgan fingerprint density at radius 1 is 1.11 bits per heavy atom. The van der Waals surface area contributed by atoms with E-state index in [1.807, 2.05) is 30.5 Å². The SMILES string of the molecule is BC(B)(B)OCCOS(=O)(=O)c1ccc(C)cc1. The summed E-state index contributed by atoms with van der Waals surface area (Å²) in [7, 11) is 2.04. The van der Waals surface area contributed by atoms with E-state index in [4.69, 9.17) is 8.92 Å². The predicted octanol–water partition coefficient (Wildman–Crippen LogP) is -1.77. The number of ether oxygens (including phenoxy) is 1. The molecule has 8 heteroatoms. The van der Waals surface area contributed by atoms with Crippen LogP contribution in [0.25, 0.3) is 0 Å². The highest BCUT2D eigenvalue weighted by Crippen LogP contribution is 2.13. The Hall–Kier alpha value is -0.715. The summed E-state index contributed by atoms with van der Waals surface area (Å²) in [5, 5.41) is -0.295. The van der Waals surface area contributed by atoms with Crippen LogP contribution in [0.5, 0.6) is 0 Å². The average molecular weight is 266 g/mol. The van der Waals surface area contributed by atoms with Gasteiger partial charge in [-0.2, -0.15) is 8.42 Å². The van der Waals surface area contributed by atoms with Crippen molar-refractivity contribution in [2.75, 3.05) is 13.2 Å². The van der Waals surface area contributed by atoms with Gasteiger partial charge < -0.3 is 4.74 Å². The molecule has 0 saturated carbocycles. The Kier molecular flexibility index (Phi) is 5.07. The lowest BCUT2D eigenvalue weighted by Crippen LogP contribution is -2.35. The zero-order valence-corrected chi connectivity index (χ0v) is 12.1. The van der Waals surface area contributed by atoms with Crippen molar-refractivity contribution in [2.24, 2.45) is 0 Å². The number of benzene rings is 1. The smallest absolute Gasteiger partial charge is 0.297 e. The molecule has 0 spiro atoms. The summed E-state index contributed by atoms with van der Waals surface area (Å²) in [6.45, 7) is 2.16. The van der Waals surface area contributed by atoms with E-state index in [1.54, 1.807) is 12.1 Å². The van der Waals surface area contributed by atoms with Crippen molar-refractivity contribution in [1.82, 2.24) is 0 Å². The zero-order valence-electron chi connectivity index (χ0n) is 11.3. The van der Waals surface area contributed by atoms with Crippen molar-refractivity contribution >= 4 is 33.7 Å². The van der Waals surface area contributed by atoms with Crippen molar-refractivity contribution in [3.63, 3.8) is 0 Å². The Morgan fingerprint density at radius 3 is 2.17 bits per heavy atom. The summed E-state index contributed by atoms with van der Waals surface area (Å²) in [6.07, 6.45) is 0. The standard InChI is InChI=1S/C10H17B3O4S/c1-8-2-4-9(5-3-8)18(14,15)17-7-6-16-10(11,12)13/h2-5H,6-7,11-13H2,1H3. The maximum absolute atomic E-state index is 11.8. The van der Waals surface area contributed by atoms with E-state index in [2.05, 4.69) is 0 Å². The van der Waals surface area contributed by atoms with Gasteiger partial charge in [0, 0.05) is 0 Å². The Morgan fingerprint density at radius 2 is 1.67 bits per heavy atom. The predicted molar refractivity (Wildman–Crippen MR) is 78.6 cm³/mol. The summed E-state index contributed by atoms with van der Waals surface area (Å²) >= 11 is 0. The molecule has 0 heterocycles. The van der Waals surface area contributed by atoms with Gasteiger partial charge in [-0.1, -0.05) is 17.7 Å². The molecule has 4 nitrogen and oxygen atoms in total. The fourth-order valence-electron chi connectivity index (χ4n) is 1.26. The molecule has 0 N–H and O–H groups in total. The minimum atomic E-state index is -3.67. The average Bonchev–Trinajstić information content (AvgIpc) is 2.24. The highest BCUT2D eigenvalue weighted by Gasteiger charge is 2.16. The molecule has 1 rings (SSSR count). The maximum Gasteiger partial charge on any atom is 0.297 e. The van der Waals surface area contributed by atoms with Crippen LogP contribution < -0.4 is 0 Å². The molecule has 18 heavy (non-hydrogen) atoms. The lowest BCUT2D eigenvalue weighted by molar-refractivity contribution is 0.0968. The van der Waals surface area contributed by atoms with Crippen molar-refractivity contribution in [3.05, 3.63) is 29.8 Å². The molecule has 0 aliphatic carbocycles. The first-order valence-electron chi connectivity index (χ1n) is 5.81. The van der Waals surface area contributed by atoms with E-state index in [1.165, 1.54) is 12.1 Å². The van der Waals surface area contributed by atoms with Crippen LogP contribution in [0.3, 0.4) is 0 Å². The van der Waals surface area contributed by atoms with E-state index in [-0.39, 0.29) is 23.4 Å². The Balaban J connectivity index is 2.53. The second kappa shape index (κ2) is 5.95. The Labute approximate surface area is 111 Å². The van der Waals surface area contributed by atoms with E-state index >= 15 is 0 Å². The van der Waals surface area contributed by atoms with Crippen LogP contribution in [-0.4, -0.2) is 50.5 Å². The minimum Gasteiger partial charge on any atom is -0.398 e. The molecule has 0 unspecified atom stereocenters. The van der Waals surface area contributed by atoms with Gasteiger partial charge >= 0.3 is 0 Å². The van der Waals surface area contributed by atoms with Gasteiger partial charge in [-0.15, -0.1) is 0 Å². The summed E-state index contributed by atoms with van der Waals surface area (Å²) in [4.78, 5) is 0.170. The number of hydrogen-bond donors (Lipinski definition) is 0. The molecule has 0 aliphatic rings. The van der Waals surface area contributed by atoms with Gasteiger partial charge in [0.1, 0.15) is 23.5 Å².